The predicted molar refractivity (Wildman–Crippen MR) is 104 cm³/mol. The molecule has 3 rings (SSSR count). The number of halogens is 3. The van der Waals surface area contributed by atoms with Crippen LogP contribution in [0.1, 0.15) is 23.3 Å². The molecule has 0 spiro atoms. The molecule has 5 nitrogen and oxygen atoms in total. The predicted octanol–water partition coefficient (Wildman–Crippen LogP) is 3.91. The van der Waals surface area contributed by atoms with E-state index >= 15 is 0 Å². The molecule has 136 valence electrons. The number of thiazole rings is 1. The van der Waals surface area contributed by atoms with Gasteiger partial charge in [0.25, 0.3) is 0 Å². The Labute approximate surface area is 166 Å². The Hall–Kier alpha value is -0.890. The zero-order chi connectivity index (χ0) is 17.2. The third-order valence-electron chi connectivity index (χ3n) is 3.98. The highest BCUT2D eigenvalue weighted by Gasteiger charge is 2.36. The van der Waals surface area contributed by atoms with Gasteiger partial charge in [-0.15, -0.1) is 23.7 Å². The summed E-state index contributed by atoms with van der Waals surface area (Å²) in [5.74, 6) is -0.215. The number of nitrogens with one attached hydrogen (secondary N) is 1. The lowest BCUT2D eigenvalue weighted by molar-refractivity contribution is -0.124. The molecule has 9 heteroatoms. The summed E-state index contributed by atoms with van der Waals surface area (Å²) in [7, 11) is 0. The van der Waals surface area contributed by atoms with Gasteiger partial charge in [-0.1, -0.05) is 23.2 Å². The van der Waals surface area contributed by atoms with Gasteiger partial charge >= 0.3 is 0 Å². The Kier molecular flexibility index (Phi) is 7.08. The summed E-state index contributed by atoms with van der Waals surface area (Å²) in [4.78, 5) is 17.6. The number of nitrogens with zero attached hydrogens (tertiary/aromatic N) is 1. The van der Waals surface area contributed by atoms with Crippen molar-refractivity contribution in [3.05, 3.63) is 44.9 Å². The van der Waals surface area contributed by atoms with E-state index in [4.69, 9.17) is 33.7 Å². The minimum absolute atomic E-state index is 0. The highest BCUT2D eigenvalue weighted by atomic mass is 35.5. The highest BCUT2D eigenvalue weighted by molar-refractivity contribution is 7.15. The Morgan fingerprint density at radius 2 is 2.08 bits per heavy atom. The number of benzene rings is 1. The Morgan fingerprint density at radius 1 is 1.36 bits per heavy atom. The van der Waals surface area contributed by atoms with Gasteiger partial charge in [-0.2, -0.15) is 0 Å². The summed E-state index contributed by atoms with van der Waals surface area (Å²) in [5, 5.41) is 4.64. The Morgan fingerprint density at radius 3 is 2.80 bits per heavy atom. The molecule has 2 heterocycles. The summed E-state index contributed by atoms with van der Waals surface area (Å²) in [5.41, 5.74) is 6.20. The van der Waals surface area contributed by atoms with Gasteiger partial charge in [0, 0.05) is 40.8 Å². The molecule has 0 radical (unpaired) electrons. The van der Waals surface area contributed by atoms with Crippen LogP contribution in [0.15, 0.2) is 24.4 Å². The number of nitrogens with two attached hydrogens (primary N) is 1. The SMILES string of the molecule is Cl.NC1(C(=O)Nc2ncc(Cc3cc(Cl)ccc3Cl)s2)CCOCC1. The van der Waals surface area contributed by atoms with Crippen molar-refractivity contribution >= 4 is 58.0 Å². The number of ether oxygens (including phenoxy) is 1. The van der Waals surface area contributed by atoms with Crippen LogP contribution >= 0.6 is 46.9 Å². The second kappa shape index (κ2) is 8.66. The topological polar surface area (TPSA) is 77.2 Å². The summed E-state index contributed by atoms with van der Waals surface area (Å²) >= 11 is 13.6. The number of rotatable bonds is 4. The van der Waals surface area contributed by atoms with Crippen molar-refractivity contribution in [3.63, 3.8) is 0 Å². The lowest BCUT2D eigenvalue weighted by Crippen LogP contribution is -2.54. The monoisotopic (exact) mass is 421 g/mol. The number of carbonyl (C=O) groups is 1. The van der Waals surface area contributed by atoms with Gasteiger partial charge in [0.15, 0.2) is 5.13 Å². The second-order valence-electron chi connectivity index (χ2n) is 5.77. The smallest absolute Gasteiger partial charge is 0.246 e. The first-order valence-corrected chi connectivity index (χ1v) is 9.10. The maximum Gasteiger partial charge on any atom is 0.246 e. The van der Waals surface area contributed by atoms with Crippen LogP contribution in [-0.2, 0) is 16.0 Å². The lowest BCUT2D eigenvalue weighted by atomic mass is 9.90. The molecule has 1 aromatic heterocycles. The third-order valence-corrected chi connectivity index (χ3v) is 5.50. The number of amides is 1. The number of carbonyl (C=O) groups excluding carboxylic acids is 1. The third kappa shape index (κ3) is 5.06. The van der Waals surface area contributed by atoms with Crippen LogP contribution in [0, 0.1) is 0 Å². The molecular weight excluding hydrogens is 405 g/mol. The van der Waals surface area contributed by atoms with Gasteiger partial charge in [0.2, 0.25) is 5.91 Å². The van der Waals surface area contributed by atoms with Crippen LogP contribution in [-0.4, -0.2) is 29.6 Å². The number of aromatic nitrogens is 1. The van der Waals surface area contributed by atoms with Crippen molar-refractivity contribution in [1.82, 2.24) is 4.98 Å². The van der Waals surface area contributed by atoms with Gasteiger partial charge in [-0.05, 0) is 36.6 Å². The van der Waals surface area contributed by atoms with Crippen molar-refractivity contribution in [2.24, 2.45) is 5.73 Å². The van der Waals surface area contributed by atoms with E-state index in [-0.39, 0.29) is 18.3 Å². The summed E-state index contributed by atoms with van der Waals surface area (Å²) in [6.45, 7) is 1.00. The van der Waals surface area contributed by atoms with Gasteiger partial charge in [0.05, 0.1) is 0 Å². The van der Waals surface area contributed by atoms with Crippen LogP contribution in [0.3, 0.4) is 0 Å². The van der Waals surface area contributed by atoms with Gasteiger partial charge < -0.3 is 15.8 Å². The molecule has 0 unspecified atom stereocenters. The molecule has 1 aliphatic rings. The maximum absolute atomic E-state index is 12.4. The molecule has 1 aliphatic heterocycles. The fraction of sp³-hybridized carbons (Fsp3) is 0.375. The molecule has 0 aliphatic carbocycles. The lowest BCUT2D eigenvalue weighted by Gasteiger charge is -2.31. The zero-order valence-electron chi connectivity index (χ0n) is 13.3. The van der Waals surface area contributed by atoms with E-state index in [0.717, 1.165) is 10.4 Å². The number of anilines is 1. The van der Waals surface area contributed by atoms with Gasteiger partial charge in [-0.3, -0.25) is 4.79 Å². The number of hydrogen-bond acceptors (Lipinski definition) is 5. The standard InChI is InChI=1S/C16H17Cl2N3O2S.ClH/c17-11-1-2-13(18)10(7-11)8-12-9-20-15(24-12)21-14(22)16(19)3-5-23-6-4-16;/h1-2,7,9H,3-6,8,19H2,(H,20,21,22);1H. The molecule has 25 heavy (non-hydrogen) atoms. The van der Waals surface area contributed by atoms with E-state index in [9.17, 15) is 4.79 Å². The summed E-state index contributed by atoms with van der Waals surface area (Å²) < 4.78 is 5.26. The van der Waals surface area contributed by atoms with E-state index in [2.05, 4.69) is 10.3 Å². The minimum Gasteiger partial charge on any atom is -0.381 e. The van der Waals surface area contributed by atoms with E-state index < -0.39 is 5.54 Å². The van der Waals surface area contributed by atoms with Gasteiger partial charge in [-0.25, -0.2) is 4.98 Å². The first-order valence-electron chi connectivity index (χ1n) is 7.53. The second-order valence-corrected chi connectivity index (χ2v) is 7.73. The van der Waals surface area contributed by atoms with Crippen LogP contribution in [0.2, 0.25) is 10.0 Å². The molecule has 1 fully saturated rings. The molecule has 1 aromatic carbocycles. The fourth-order valence-electron chi connectivity index (χ4n) is 2.50. The van der Waals surface area contributed by atoms with Crippen molar-refractivity contribution in [1.29, 1.82) is 0 Å². The first-order chi connectivity index (χ1) is 11.5. The van der Waals surface area contributed by atoms with Crippen molar-refractivity contribution in [3.8, 4) is 0 Å². The van der Waals surface area contributed by atoms with Crippen LogP contribution in [0.4, 0.5) is 5.13 Å². The first kappa shape index (κ1) is 20.4. The average molecular weight is 423 g/mol. The Balaban J connectivity index is 0.00000225. The van der Waals surface area contributed by atoms with Crippen LogP contribution in [0.5, 0.6) is 0 Å². The van der Waals surface area contributed by atoms with E-state index in [1.165, 1.54) is 11.3 Å². The zero-order valence-corrected chi connectivity index (χ0v) is 16.4. The van der Waals surface area contributed by atoms with E-state index in [1.54, 1.807) is 18.3 Å². The van der Waals surface area contributed by atoms with Crippen molar-refractivity contribution in [2.45, 2.75) is 24.8 Å². The minimum atomic E-state index is -0.889. The molecule has 3 N–H and O–H groups in total. The van der Waals surface area contributed by atoms with Crippen molar-refractivity contribution in [2.75, 3.05) is 18.5 Å². The molecule has 0 bridgehead atoms. The largest absolute Gasteiger partial charge is 0.381 e. The van der Waals surface area contributed by atoms with Crippen molar-refractivity contribution < 1.29 is 9.53 Å². The molecule has 1 saturated heterocycles. The molecule has 0 atom stereocenters. The van der Waals surface area contributed by atoms with Crippen LogP contribution < -0.4 is 11.1 Å². The van der Waals surface area contributed by atoms with E-state index in [0.29, 0.717) is 47.7 Å². The quantitative estimate of drug-likeness (QED) is 0.783. The van der Waals surface area contributed by atoms with Gasteiger partial charge in [0.1, 0.15) is 5.54 Å². The van der Waals surface area contributed by atoms with Crippen LogP contribution in [0.25, 0.3) is 0 Å². The molecular formula is C16H18Cl3N3O2S. The summed E-state index contributed by atoms with van der Waals surface area (Å²) in [6.07, 6.45) is 3.35. The molecule has 2 aromatic rings. The normalized spacial score (nSPS) is 16.1. The molecule has 1 amide bonds. The Bertz CT molecular complexity index is 748. The fourth-order valence-corrected chi connectivity index (χ4v) is 3.71. The highest BCUT2D eigenvalue weighted by Crippen LogP contribution is 2.28. The molecule has 0 saturated carbocycles. The maximum atomic E-state index is 12.4. The average Bonchev–Trinajstić information content (AvgIpc) is 2.99. The van der Waals surface area contributed by atoms with E-state index in [1.807, 2.05) is 6.07 Å². The summed E-state index contributed by atoms with van der Waals surface area (Å²) in [6, 6.07) is 5.35. The number of hydrogen-bond donors (Lipinski definition) is 2.